The molecule has 0 fully saturated rings. The first kappa shape index (κ1) is 16.9. The molecule has 0 atom stereocenters. The van der Waals surface area contributed by atoms with Crippen LogP contribution in [0.2, 0.25) is 0 Å². The molecule has 6 nitrogen and oxygen atoms in total. The van der Waals surface area contributed by atoms with Crippen molar-refractivity contribution < 1.29 is 23.7 Å². The normalized spacial score (nSPS) is 14.2. The van der Waals surface area contributed by atoms with Crippen LogP contribution in [0.15, 0.2) is 35.2 Å². The van der Waals surface area contributed by atoms with Crippen molar-refractivity contribution >= 4 is 23.4 Å². The summed E-state index contributed by atoms with van der Waals surface area (Å²) in [6, 6.07) is 9.50. The van der Waals surface area contributed by atoms with Crippen LogP contribution in [-0.4, -0.2) is 32.2 Å². The molecule has 2 aliphatic rings. The lowest BCUT2D eigenvalue weighted by atomic mass is 10.1. The van der Waals surface area contributed by atoms with Gasteiger partial charge in [-0.3, -0.25) is 4.79 Å². The first-order chi connectivity index (χ1) is 12.7. The van der Waals surface area contributed by atoms with E-state index in [9.17, 15) is 4.79 Å². The smallest absolute Gasteiger partial charge is 0.231 e. The highest BCUT2D eigenvalue weighted by Crippen LogP contribution is 2.39. The van der Waals surface area contributed by atoms with Gasteiger partial charge in [0.1, 0.15) is 13.2 Å². The molecule has 1 N–H and O–H groups in total. The first-order valence-electron chi connectivity index (χ1n) is 8.39. The van der Waals surface area contributed by atoms with Crippen molar-refractivity contribution in [2.24, 2.45) is 0 Å². The number of rotatable bonds is 5. The summed E-state index contributed by atoms with van der Waals surface area (Å²) in [7, 11) is 0. The zero-order chi connectivity index (χ0) is 17.9. The van der Waals surface area contributed by atoms with Crippen molar-refractivity contribution in [3.63, 3.8) is 0 Å². The zero-order valence-corrected chi connectivity index (χ0v) is 15.2. The number of amides is 1. The van der Waals surface area contributed by atoms with Gasteiger partial charge in [0.2, 0.25) is 12.7 Å². The van der Waals surface area contributed by atoms with Crippen molar-refractivity contribution in [1.82, 2.24) is 0 Å². The molecule has 0 saturated heterocycles. The Bertz CT molecular complexity index is 839. The number of aryl methyl sites for hydroxylation is 1. The van der Waals surface area contributed by atoms with Gasteiger partial charge in [-0.25, -0.2) is 0 Å². The Balaban J connectivity index is 1.41. The summed E-state index contributed by atoms with van der Waals surface area (Å²) in [5.74, 6) is 2.83. The van der Waals surface area contributed by atoms with Gasteiger partial charge in [0.15, 0.2) is 23.0 Å². The standard InChI is InChI=1S/C19H19NO5S/c1-26-18-10-17-16(22-6-7-23-17)9-13(18)20-19(21)5-3-12-2-4-14-15(8-12)25-11-24-14/h2,4,8-10H,3,5-7,11H2,1H3,(H,20,21). The minimum absolute atomic E-state index is 0.0466. The van der Waals surface area contributed by atoms with Crippen LogP contribution < -0.4 is 24.3 Å². The zero-order valence-electron chi connectivity index (χ0n) is 14.4. The molecular weight excluding hydrogens is 354 g/mol. The van der Waals surface area contributed by atoms with Gasteiger partial charge in [0.05, 0.1) is 5.69 Å². The Morgan fingerprint density at radius 2 is 1.73 bits per heavy atom. The van der Waals surface area contributed by atoms with E-state index in [1.54, 1.807) is 11.8 Å². The highest BCUT2D eigenvalue weighted by atomic mass is 32.2. The first-order valence-corrected chi connectivity index (χ1v) is 9.61. The highest BCUT2D eigenvalue weighted by molar-refractivity contribution is 7.98. The van der Waals surface area contributed by atoms with Crippen molar-refractivity contribution in [2.45, 2.75) is 17.7 Å². The fourth-order valence-electron chi connectivity index (χ4n) is 2.90. The van der Waals surface area contributed by atoms with E-state index in [1.165, 1.54) is 0 Å². The molecule has 0 aliphatic carbocycles. The van der Waals surface area contributed by atoms with Gasteiger partial charge in [-0.1, -0.05) is 6.07 Å². The van der Waals surface area contributed by atoms with Gasteiger partial charge in [-0.2, -0.15) is 0 Å². The van der Waals surface area contributed by atoms with Gasteiger partial charge in [-0.15, -0.1) is 11.8 Å². The van der Waals surface area contributed by atoms with E-state index in [-0.39, 0.29) is 12.7 Å². The SMILES string of the molecule is CSc1cc2c(cc1NC(=O)CCc1ccc3c(c1)OCO3)OCCO2. The third-order valence-corrected chi connectivity index (χ3v) is 4.99. The Morgan fingerprint density at radius 3 is 2.54 bits per heavy atom. The average molecular weight is 373 g/mol. The van der Waals surface area contributed by atoms with Gasteiger partial charge in [-0.05, 0) is 36.4 Å². The van der Waals surface area contributed by atoms with Gasteiger partial charge in [0, 0.05) is 17.4 Å². The summed E-state index contributed by atoms with van der Waals surface area (Å²) in [4.78, 5) is 13.4. The third kappa shape index (κ3) is 3.53. The summed E-state index contributed by atoms with van der Waals surface area (Å²) >= 11 is 1.56. The minimum Gasteiger partial charge on any atom is -0.486 e. The number of hydrogen-bond acceptors (Lipinski definition) is 6. The lowest BCUT2D eigenvalue weighted by Gasteiger charge is -2.21. The molecule has 0 saturated carbocycles. The fraction of sp³-hybridized carbons (Fsp3) is 0.316. The summed E-state index contributed by atoms with van der Waals surface area (Å²) in [5.41, 5.74) is 1.79. The maximum absolute atomic E-state index is 12.4. The van der Waals surface area contributed by atoms with Crippen LogP contribution in [-0.2, 0) is 11.2 Å². The molecule has 136 valence electrons. The third-order valence-electron chi connectivity index (χ3n) is 4.22. The Kier molecular flexibility index (Phi) is 4.79. The van der Waals surface area contributed by atoms with Crippen molar-refractivity contribution in [2.75, 3.05) is 31.6 Å². The molecule has 7 heteroatoms. The van der Waals surface area contributed by atoms with E-state index >= 15 is 0 Å². The maximum atomic E-state index is 12.4. The van der Waals surface area contributed by atoms with Crippen LogP contribution in [0.25, 0.3) is 0 Å². The lowest BCUT2D eigenvalue weighted by Crippen LogP contribution is -2.17. The quantitative estimate of drug-likeness (QED) is 0.810. The molecule has 0 aromatic heterocycles. The number of carbonyl (C=O) groups is 1. The number of hydrogen-bond donors (Lipinski definition) is 1. The number of anilines is 1. The minimum atomic E-state index is -0.0466. The number of nitrogens with one attached hydrogen (secondary N) is 1. The molecule has 0 spiro atoms. The largest absolute Gasteiger partial charge is 0.486 e. The molecular formula is C19H19NO5S. The van der Waals surface area contributed by atoms with E-state index in [1.807, 2.05) is 36.6 Å². The van der Waals surface area contributed by atoms with Crippen LogP contribution in [0.3, 0.4) is 0 Å². The summed E-state index contributed by atoms with van der Waals surface area (Å²) in [6.07, 6.45) is 2.97. The predicted octanol–water partition coefficient (Wildman–Crippen LogP) is 3.48. The molecule has 1 amide bonds. The molecule has 4 rings (SSSR count). The van der Waals surface area contributed by atoms with E-state index in [0.29, 0.717) is 31.8 Å². The monoisotopic (exact) mass is 373 g/mol. The van der Waals surface area contributed by atoms with Crippen LogP contribution >= 0.6 is 11.8 Å². The number of fused-ring (bicyclic) bond motifs is 2. The van der Waals surface area contributed by atoms with Crippen molar-refractivity contribution in [1.29, 1.82) is 0 Å². The van der Waals surface area contributed by atoms with Gasteiger partial charge >= 0.3 is 0 Å². The summed E-state index contributed by atoms with van der Waals surface area (Å²) < 4.78 is 21.9. The molecule has 2 aromatic rings. The summed E-state index contributed by atoms with van der Waals surface area (Å²) in [5, 5.41) is 2.98. The molecule has 0 radical (unpaired) electrons. The number of carbonyl (C=O) groups excluding carboxylic acids is 1. The van der Waals surface area contributed by atoms with Gasteiger partial charge < -0.3 is 24.3 Å². The molecule has 2 heterocycles. The van der Waals surface area contributed by atoms with E-state index in [4.69, 9.17) is 18.9 Å². The van der Waals surface area contributed by atoms with Crippen LogP contribution in [0.1, 0.15) is 12.0 Å². The molecule has 0 bridgehead atoms. The average Bonchev–Trinajstić information content (AvgIpc) is 3.13. The Labute approximate surface area is 155 Å². The molecule has 0 unspecified atom stereocenters. The topological polar surface area (TPSA) is 66.0 Å². The molecule has 26 heavy (non-hydrogen) atoms. The number of thioether (sulfide) groups is 1. The second-order valence-electron chi connectivity index (χ2n) is 5.93. The second kappa shape index (κ2) is 7.37. The summed E-state index contributed by atoms with van der Waals surface area (Å²) in [6.45, 7) is 1.31. The Morgan fingerprint density at radius 1 is 1.00 bits per heavy atom. The van der Waals surface area contributed by atoms with Crippen LogP contribution in [0.4, 0.5) is 5.69 Å². The number of ether oxygens (including phenoxy) is 4. The van der Waals surface area contributed by atoms with Crippen molar-refractivity contribution in [3.8, 4) is 23.0 Å². The van der Waals surface area contributed by atoms with E-state index in [0.717, 1.165) is 33.4 Å². The van der Waals surface area contributed by atoms with E-state index < -0.39 is 0 Å². The second-order valence-corrected chi connectivity index (χ2v) is 6.78. The molecule has 2 aromatic carbocycles. The van der Waals surface area contributed by atoms with Crippen LogP contribution in [0.5, 0.6) is 23.0 Å². The molecule has 2 aliphatic heterocycles. The lowest BCUT2D eigenvalue weighted by molar-refractivity contribution is -0.116. The fourth-order valence-corrected chi connectivity index (χ4v) is 3.46. The van der Waals surface area contributed by atoms with Gasteiger partial charge in [0.25, 0.3) is 0 Å². The van der Waals surface area contributed by atoms with E-state index in [2.05, 4.69) is 5.32 Å². The van der Waals surface area contributed by atoms with Crippen molar-refractivity contribution in [3.05, 3.63) is 35.9 Å². The van der Waals surface area contributed by atoms with Crippen LogP contribution in [0, 0.1) is 0 Å². The number of benzene rings is 2. The maximum Gasteiger partial charge on any atom is 0.231 e. The predicted molar refractivity (Wildman–Crippen MR) is 98.7 cm³/mol. The Hall–Kier alpha value is -2.54. The highest BCUT2D eigenvalue weighted by Gasteiger charge is 2.17.